The molecule has 0 unspecified atom stereocenters. The van der Waals surface area contributed by atoms with Crippen LogP contribution in [-0.2, 0) is 11.2 Å². The summed E-state index contributed by atoms with van der Waals surface area (Å²) in [5.41, 5.74) is 3.27. The van der Waals surface area contributed by atoms with Gasteiger partial charge in [-0.15, -0.1) is 0 Å². The summed E-state index contributed by atoms with van der Waals surface area (Å²) in [4.78, 5) is 24.9. The number of nitrogens with zero attached hydrogens (tertiary/aromatic N) is 4. The summed E-state index contributed by atoms with van der Waals surface area (Å²) in [6.07, 6.45) is 9.69. The molecule has 0 fully saturated rings. The zero-order chi connectivity index (χ0) is 24.7. The topological polar surface area (TPSA) is 75.5 Å². The molecule has 0 saturated heterocycles. The molecule has 3 heterocycles. The van der Waals surface area contributed by atoms with E-state index in [9.17, 15) is 4.79 Å². The average molecular weight is 488 g/mol. The van der Waals surface area contributed by atoms with Crippen LogP contribution in [0.3, 0.4) is 0 Å². The lowest BCUT2D eigenvalue weighted by Crippen LogP contribution is -2.20. The first-order valence-electron chi connectivity index (χ1n) is 12.9. The van der Waals surface area contributed by atoms with Gasteiger partial charge in [-0.3, -0.25) is 5.10 Å². The summed E-state index contributed by atoms with van der Waals surface area (Å²) in [5.74, 6) is 0.892. The first kappa shape index (κ1) is 26.3. The molecule has 3 aromatic rings. The molecule has 7 nitrogen and oxygen atoms in total. The van der Waals surface area contributed by atoms with E-state index in [0.717, 1.165) is 65.1 Å². The van der Waals surface area contributed by atoms with Crippen LogP contribution in [0.2, 0.25) is 0 Å². The highest BCUT2D eigenvalue weighted by molar-refractivity contribution is 7.18. The summed E-state index contributed by atoms with van der Waals surface area (Å²) in [5, 5.41) is 5.37. The number of esters is 1. The molecular formula is C26H41N5O2S. The van der Waals surface area contributed by atoms with Crippen molar-refractivity contribution in [2.75, 3.05) is 24.6 Å². The molecule has 0 aliphatic carbocycles. The standard InChI is InChI=1S/C26H41N5O2S/c1-7-10-11-12-13-14-15-33-26(32)22-19(6)31-24(20(22)16-18(4)5)28-23(29-31)25-27-17-21(34-25)30(8-2)9-3/h17-18H,7-16H2,1-6H3,(H,28,29). The van der Waals surface area contributed by atoms with E-state index in [4.69, 9.17) is 9.72 Å². The normalized spacial score (nSPS) is 11.6. The number of rotatable bonds is 14. The third kappa shape index (κ3) is 6.01. The molecule has 0 aliphatic heterocycles. The zero-order valence-electron chi connectivity index (χ0n) is 21.7. The smallest absolute Gasteiger partial charge is 0.340 e. The van der Waals surface area contributed by atoms with Crippen molar-refractivity contribution in [2.45, 2.75) is 86.5 Å². The van der Waals surface area contributed by atoms with E-state index in [0.29, 0.717) is 18.1 Å². The molecule has 0 bridgehead atoms. The number of nitrogens with one attached hydrogen (secondary N) is 1. The molecule has 0 aromatic carbocycles. The van der Waals surface area contributed by atoms with Crippen LogP contribution in [0, 0.1) is 12.8 Å². The Labute approximate surface area is 207 Å². The SMILES string of the molecule is CCCCCCCCOC(=O)c1c(CC(C)C)c2nc(-c3ncc(N(CC)CC)s3)[nH]n2c1C. The number of aromatic nitrogens is 4. The molecule has 3 aromatic heterocycles. The number of thiazole rings is 1. The van der Waals surface area contributed by atoms with Crippen molar-refractivity contribution >= 4 is 28.0 Å². The predicted molar refractivity (Wildman–Crippen MR) is 141 cm³/mol. The summed E-state index contributed by atoms with van der Waals surface area (Å²) in [7, 11) is 0. The molecule has 8 heteroatoms. The quantitative estimate of drug-likeness (QED) is 0.203. The number of aryl methyl sites for hydroxylation is 1. The fourth-order valence-corrected chi connectivity index (χ4v) is 5.36. The number of ether oxygens (including phenoxy) is 1. The van der Waals surface area contributed by atoms with E-state index in [1.165, 1.54) is 25.7 Å². The largest absolute Gasteiger partial charge is 0.462 e. The highest BCUT2D eigenvalue weighted by Crippen LogP contribution is 2.32. The first-order valence-corrected chi connectivity index (χ1v) is 13.7. The Bertz CT molecular complexity index is 1060. The molecule has 0 amide bonds. The first-order chi connectivity index (χ1) is 16.4. The van der Waals surface area contributed by atoms with Crippen molar-refractivity contribution < 1.29 is 9.53 Å². The molecule has 0 saturated carbocycles. The van der Waals surface area contributed by atoms with Crippen molar-refractivity contribution in [3.8, 4) is 10.8 Å². The van der Waals surface area contributed by atoms with Crippen LogP contribution in [0.5, 0.6) is 0 Å². The predicted octanol–water partition coefficient (Wildman–Crippen LogP) is 6.66. The summed E-state index contributed by atoms with van der Waals surface area (Å²) < 4.78 is 7.62. The maximum absolute atomic E-state index is 13.1. The highest BCUT2D eigenvalue weighted by Gasteiger charge is 2.26. The maximum Gasteiger partial charge on any atom is 0.340 e. The van der Waals surface area contributed by atoms with Crippen molar-refractivity contribution in [2.24, 2.45) is 5.92 Å². The second-order valence-corrected chi connectivity index (χ2v) is 10.4. The number of aromatic amines is 1. The van der Waals surface area contributed by atoms with E-state index in [1.54, 1.807) is 11.3 Å². The second kappa shape index (κ2) is 12.4. The minimum Gasteiger partial charge on any atom is -0.462 e. The number of anilines is 1. The third-order valence-electron chi connectivity index (χ3n) is 6.23. The van der Waals surface area contributed by atoms with E-state index >= 15 is 0 Å². The fourth-order valence-electron chi connectivity index (χ4n) is 4.37. The van der Waals surface area contributed by atoms with E-state index in [1.807, 2.05) is 17.6 Å². The van der Waals surface area contributed by atoms with Crippen LogP contribution in [0.25, 0.3) is 16.5 Å². The lowest BCUT2D eigenvalue weighted by Gasteiger charge is -2.17. The Morgan fingerprint density at radius 2 is 1.85 bits per heavy atom. The summed E-state index contributed by atoms with van der Waals surface area (Å²) in [6.45, 7) is 15.2. The minimum atomic E-state index is -0.236. The van der Waals surface area contributed by atoms with E-state index in [-0.39, 0.29) is 5.97 Å². The number of unbranched alkanes of at least 4 members (excludes halogenated alkanes) is 5. The van der Waals surface area contributed by atoms with E-state index in [2.05, 4.69) is 49.6 Å². The lowest BCUT2D eigenvalue weighted by atomic mass is 10.0. The molecule has 1 N–H and O–H groups in total. The fraction of sp³-hybridized carbons (Fsp3) is 0.654. The van der Waals surface area contributed by atoms with Crippen LogP contribution >= 0.6 is 11.3 Å². The van der Waals surface area contributed by atoms with Crippen LogP contribution in [0.4, 0.5) is 5.00 Å². The van der Waals surface area contributed by atoms with Gasteiger partial charge in [-0.2, -0.15) is 0 Å². The van der Waals surface area contributed by atoms with E-state index < -0.39 is 0 Å². The summed E-state index contributed by atoms with van der Waals surface area (Å²) in [6, 6.07) is 0. The second-order valence-electron chi connectivity index (χ2n) is 9.35. The van der Waals surface area contributed by atoms with Crippen LogP contribution in [0.15, 0.2) is 6.20 Å². The van der Waals surface area contributed by atoms with Crippen LogP contribution in [-0.4, -0.2) is 45.2 Å². The minimum absolute atomic E-state index is 0.236. The Hall–Kier alpha value is -2.35. The molecule has 0 spiro atoms. The Morgan fingerprint density at radius 1 is 1.15 bits per heavy atom. The molecule has 34 heavy (non-hydrogen) atoms. The van der Waals surface area contributed by atoms with Crippen molar-refractivity contribution in [1.29, 1.82) is 0 Å². The van der Waals surface area contributed by atoms with Crippen molar-refractivity contribution in [3.63, 3.8) is 0 Å². The van der Waals surface area contributed by atoms with Gasteiger partial charge in [-0.25, -0.2) is 19.3 Å². The average Bonchev–Trinajstić information content (AvgIpc) is 3.51. The molecule has 188 valence electrons. The van der Waals surface area contributed by atoms with Gasteiger partial charge in [0.1, 0.15) is 5.00 Å². The van der Waals surface area contributed by atoms with Gasteiger partial charge in [-0.1, -0.05) is 64.2 Å². The van der Waals surface area contributed by atoms with Crippen LogP contribution in [0.1, 0.15) is 94.8 Å². The monoisotopic (exact) mass is 487 g/mol. The number of fused-ring (bicyclic) bond motifs is 1. The number of hydrogen-bond acceptors (Lipinski definition) is 6. The van der Waals surface area contributed by atoms with Gasteiger partial charge in [0.05, 0.1) is 24.1 Å². The molecular weight excluding hydrogens is 446 g/mol. The highest BCUT2D eigenvalue weighted by atomic mass is 32.1. The summed E-state index contributed by atoms with van der Waals surface area (Å²) >= 11 is 1.63. The number of hydrogen-bond donors (Lipinski definition) is 1. The Morgan fingerprint density at radius 3 is 2.53 bits per heavy atom. The van der Waals surface area contributed by atoms with Gasteiger partial charge in [0.25, 0.3) is 0 Å². The van der Waals surface area contributed by atoms with Crippen LogP contribution < -0.4 is 4.90 Å². The number of carbonyl (C=O) groups excluding carboxylic acids is 1. The maximum atomic E-state index is 13.1. The molecule has 0 atom stereocenters. The van der Waals surface area contributed by atoms with Gasteiger partial charge >= 0.3 is 5.97 Å². The molecule has 0 radical (unpaired) electrons. The van der Waals surface area contributed by atoms with Crippen molar-refractivity contribution in [3.05, 3.63) is 23.0 Å². The van der Waals surface area contributed by atoms with Gasteiger partial charge in [0.15, 0.2) is 16.5 Å². The Kier molecular flexibility index (Phi) is 9.56. The zero-order valence-corrected chi connectivity index (χ0v) is 22.6. The van der Waals surface area contributed by atoms with Crippen molar-refractivity contribution in [1.82, 2.24) is 19.6 Å². The van der Waals surface area contributed by atoms with Gasteiger partial charge < -0.3 is 9.64 Å². The lowest BCUT2D eigenvalue weighted by molar-refractivity contribution is 0.0495. The van der Waals surface area contributed by atoms with Gasteiger partial charge in [-0.05, 0) is 39.5 Å². The molecule has 3 rings (SSSR count). The number of carbonyl (C=O) groups is 1. The Balaban J connectivity index is 1.81. The van der Waals surface area contributed by atoms with Gasteiger partial charge in [0.2, 0.25) is 0 Å². The van der Waals surface area contributed by atoms with Gasteiger partial charge in [0, 0.05) is 18.7 Å². The third-order valence-corrected chi connectivity index (χ3v) is 7.30. The number of H-pyrrole nitrogens is 1. The molecule has 0 aliphatic rings.